The third-order valence-corrected chi connectivity index (χ3v) is 3.05. The summed E-state index contributed by atoms with van der Waals surface area (Å²) in [5, 5.41) is 3.76. The molecule has 0 aromatic heterocycles. The van der Waals surface area contributed by atoms with Crippen molar-refractivity contribution in [2.45, 2.75) is 30.4 Å². The van der Waals surface area contributed by atoms with Crippen LogP contribution in [0.15, 0.2) is 29.2 Å². The number of hydrogen-bond acceptors (Lipinski definition) is 3. The number of nitrogens with one attached hydrogen (secondary N) is 1. The van der Waals surface area contributed by atoms with E-state index in [4.69, 9.17) is 5.73 Å². The molecule has 2 nitrogen and oxygen atoms in total. The molecule has 0 amide bonds. The van der Waals surface area contributed by atoms with Crippen molar-refractivity contribution in [3.05, 3.63) is 29.8 Å². The molecule has 0 saturated heterocycles. The zero-order chi connectivity index (χ0) is 11.1. The van der Waals surface area contributed by atoms with Crippen molar-refractivity contribution in [3.63, 3.8) is 0 Å². The molecule has 1 aromatic rings. The van der Waals surface area contributed by atoms with Crippen LogP contribution in [-0.4, -0.2) is 18.5 Å². The zero-order valence-electron chi connectivity index (χ0n) is 9.49. The van der Waals surface area contributed by atoms with Crippen LogP contribution in [0.4, 0.5) is 0 Å². The number of benzene rings is 1. The van der Waals surface area contributed by atoms with Crippen LogP contribution in [0.25, 0.3) is 0 Å². The van der Waals surface area contributed by atoms with Gasteiger partial charge in [0.2, 0.25) is 0 Å². The van der Waals surface area contributed by atoms with Gasteiger partial charge in [0.1, 0.15) is 0 Å². The van der Waals surface area contributed by atoms with Crippen molar-refractivity contribution >= 4 is 11.8 Å². The smallest absolute Gasteiger partial charge is 0.0428 e. The van der Waals surface area contributed by atoms with E-state index >= 15 is 0 Å². The SMILES string of the molecule is CC(C)Sc1ccc(CCNCN)cc1. The average molecular weight is 224 g/mol. The predicted octanol–water partition coefficient (Wildman–Crippen LogP) is 2.24. The van der Waals surface area contributed by atoms with Gasteiger partial charge in [0, 0.05) is 23.4 Å². The van der Waals surface area contributed by atoms with E-state index in [2.05, 4.69) is 43.4 Å². The van der Waals surface area contributed by atoms with Crippen LogP contribution in [0.1, 0.15) is 19.4 Å². The summed E-state index contributed by atoms with van der Waals surface area (Å²) in [5.74, 6) is 0. The molecule has 0 fully saturated rings. The molecule has 3 heteroatoms. The normalized spacial score (nSPS) is 10.9. The first kappa shape index (κ1) is 12.6. The Morgan fingerprint density at radius 3 is 2.47 bits per heavy atom. The van der Waals surface area contributed by atoms with Crippen LogP contribution in [0, 0.1) is 0 Å². The van der Waals surface area contributed by atoms with Gasteiger partial charge in [0.25, 0.3) is 0 Å². The topological polar surface area (TPSA) is 38.0 Å². The summed E-state index contributed by atoms with van der Waals surface area (Å²) in [6.45, 7) is 5.93. The van der Waals surface area contributed by atoms with Crippen LogP contribution < -0.4 is 11.1 Å². The number of rotatable bonds is 6. The quantitative estimate of drug-likeness (QED) is 0.442. The second-order valence-corrected chi connectivity index (χ2v) is 5.41. The lowest BCUT2D eigenvalue weighted by molar-refractivity contribution is 0.701. The third kappa shape index (κ3) is 5.21. The molecule has 0 spiro atoms. The third-order valence-electron chi connectivity index (χ3n) is 2.03. The Labute approximate surface area is 96.6 Å². The predicted molar refractivity (Wildman–Crippen MR) is 68.2 cm³/mol. The van der Waals surface area contributed by atoms with Crippen LogP contribution in [0.2, 0.25) is 0 Å². The van der Waals surface area contributed by atoms with Crippen molar-refractivity contribution in [1.82, 2.24) is 5.32 Å². The van der Waals surface area contributed by atoms with Gasteiger partial charge >= 0.3 is 0 Å². The molecule has 0 aliphatic carbocycles. The van der Waals surface area contributed by atoms with Gasteiger partial charge in [0.05, 0.1) is 0 Å². The van der Waals surface area contributed by atoms with E-state index in [1.54, 1.807) is 0 Å². The van der Waals surface area contributed by atoms with Gasteiger partial charge in [-0.05, 0) is 24.1 Å². The molecule has 0 aliphatic heterocycles. The molecular formula is C12H20N2S. The number of thioether (sulfide) groups is 1. The molecule has 0 aliphatic rings. The fourth-order valence-electron chi connectivity index (χ4n) is 1.34. The van der Waals surface area contributed by atoms with E-state index in [1.807, 2.05) is 11.8 Å². The summed E-state index contributed by atoms with van der Waals surface area (Å²) >= 11 is 1.90. The van der Waals surface area contributed by atoms with Gasteiger partial charge in [0.15, 0.2) is 0 Å². The van der Waals surface area contributed by atoms with Crippen LogP contribution >= 0.6 is 11.8 Å². The molecule has 3 N–H and O–H groups in total. The van der Waals surface area contributed by atoms with Gasteiger partial charge in [-0.25, -0.2) is 0 Å². The maximum absolute atomic E-state index is 5.36. The molecule has 84 valence electrons. The summed E-state index contributed by atoms with van der Waals surface area (Å²) in [4.78, 5) is 1.35. The summed E-state index contributed by atoms with van der Waals surface area (Å²) in [7, 11) is 0. The first-order chi connectivity index (χ1) is 7.22. The summed E-state index contributed by atoms with van der Waals surface area (Å²) in [5.41, 5.74) is 6.72. The van der Waals surface area contributed by atoms with Gasteiger partial charge < -0.3 is 11.1 Å². The fraction of sp³-hybridized carbons (Fsp3) is 0.500. The van der Waals surface area contributed by atoms with Gasteiger partial charge in [-0.15, -0.1) is 11.8 Å². The minimum Gasteiger partial charge on any atom is -0.318 e. The molecule has 15 heavy (non-hydrogen) atoms. The van der Waals surface area contributed by atoms with Gasteiger partial charge in [-0.1, -0.05) is 26.0 Å². The summed E-state index contributed by atoms with van der Waals surface area (Å²) < 4.78 is 0. The first-order valence-corrected chi connectivity index (χ1v) is 6.26. The van der Waals surface area contributed by atoms with Crippen molar-refractivity contribution in [1.29, 1.82) is 0 Å². The highest BCUT2D eigenvalue weighted by atomic mass is 32.2. The van der Waals surface area contributed by atoms with Crippen molar-refractivity contribution in [2.24, 2.45) is 5.73 Å². The molecule has 1 aromatic carbocycles. The lowest BCUT2D eigenvalue weighted by atomic mass is 10.1. The number of nitrogens with two attached hydrogens (primary N) is 1. The summed E-state index contributed by atoms with van der Waals surface area (Å²) in [6, 6.07) is 8.79. The largest absolute Gasteiger partial charge is 0.318 e. The molecule has 0 unspecified atom stereocenters. The Kier molecular flexibility index (Phi) is 5.76. The molecule has 0 saturated carbocycles. The van der Waals surface area contributed by atoms with Crippen LogP contribution in [0.3, 0.4) is 0 Å². The maximum atomic E-state index is 5.36. The van der Waals surface area contributed by atoms with Crippen molar-refractivity contribution < 1.29 is 0 Å². The summed E-state index contributed by atoms with van der Waals surface area (Å²) in [6.07, 6.45) is 1.05. The molecular weight excluding hydrogens is 204 g/mol. The highest BCUT2D eigenvalue weighted by Crippen LogP contribution is 2.22. The maximum Gasteiger partial charge on any atom is 0.0428 e. The van der Waals surface area contributed by atoms with Gasteiger partial charge in [-0.2, -0.15) is 0 Å². The Morgan fingerprint density at radius 2 is 1.93 bits per heavy atom. The molecule has 0 atom stereocenters. The molecule has 0 radical (unpaired) electrons. The van der Waals surface area contributed by atoms with E-state index in [0.29, 0.717) is 11.9 Å². The second-order valence-electron chi connectivity index (χ2n) is 3.76. The highest BCUT2D eigenvalue weighted by molar-refractivity contribution is 7.99. The monoisotopic (exact) mass is 224 g/mol. The van der Waals surface area contributed by atoms with Crippen molar-refractivity contribution in [3.8, 4) is 0 Å². The van der Waals surface area contributed by atoms with Crippen LogP contribution in [0.5, 0.6) is 0 Å². The molecule has 0 heterocycles. The zero-order valence-corrected chi connectivity index (χ0v) is 10.3. The lowest BCUT2D eigenvalue weighted by Crippen LogP contribution is -2.24. The van der Waals surface area contributed by atoms with Crippen molar-refractivity contribution in [2.75, 3.05) is 13.2 Å². The van der Waals surface area contributed by atoms with E-state index in [1.165, 1.54) is 10.5 Å². The van der Waals surface area contributed by atoms with E-state index in [9.17, 15) is 0 Å². The molecule has 1 rings (SSSR count). The average Bonchev–Trinajstić information content (AvgIpc) is 2.20. The molecule has 0 bridgehead atoms. The standard InChI is InChI=1S/C12H20N2S/c1-10(2)15-12-5-3-11(4-6-12)7-8-14-9-13/h3-6,10,14H,7-9,13H2,1-2H3. The Hall–Kier alpha value is -0.510. The first-order valence-electron chi connectivity index (χ1n) is 5.38. The van der Waals surface area contributed by atoms with E-state index < -0.39 is 0 Å². The minimum absolute atomic E-state index is 0.557. The van der Waals surface area contributed by atoms with E-state index in [0.717, 1.165) is 13.0 Å². The fourth-order valence-corrected chi connectivity index (χ4v) is 2.18. The Morgan fingerprint density at radius 1 is 1.27 bits per heavy atom. The van der Waals surface area contributed by atoms with Gasteiger partial charge in [-0.3, -0.25) is 0 Å². The highest BCUT2D eigenvalue weighted by Gasteiger charge is 1.98. The Bertz CT molecular complexity index is 269. The second kappa shape index (κ2) is 6.88. The number of hydrogen-bond donors (Lipinski definition) is 2. The minimum atomic E-state index is 0.557. The Balaban J connectivity index is 2.42. The van der Waals surface area contributed by atoms with E-state index in [-0.39, 0.29) is 0 Å². The van der Waals surface area contributed by atoms with Crippen LogP contribution in [-0.2, 0) is 6.42 Å². The lowest BCUT2D eigenvalue weighted by Gasteiger charge is -2.06.